The van der Waals surface area contributed by atoms with Crippen LogP contribution in [-0.4, -0.2) is 9.55 Å². The fourth-order valence-electron chi connectivity index (χ4n) is 7.08. The number of rotatable bonds is 9. The molecule has 7 rings (SSSR count). The van der Waals surface area contributed by atoms with Crippen LogP contribution in [0.1, 0.15) is 50.4 Å². The normalized spacial score (nSPS) is 11.5. The van der Waals surface area contributed by atoms with E-state index < -0.39 is 0 Å². The lowest BCUT2D eigenvalue weighted by atomic mass is 9.81. The maximum atomic E-state index is 5.15. The van der Waals surface area contributed by atoms with Crippen molar-refractivity contribution < 1.29 is 0 Å². The molecule has 0 atom stereocenters. The average molecular weight is 637 g/mol. The molecule has 6 aromatic carbocycles. The molecule has 0 N–H and O–H groups in total. The molecule has 49 heavy (non-hydrogen) atoms. The van der Waals surface area contributed by atoms with E-state index >= 15 is 0 Å². The van der Waals surface area contributed by atoms with Gasteiger partial charge in [-0.15, -0.1) is 0 Å². The van der Waals surface area contributed by atoms with Crippen LogP contribution in [0.3, 0.4) is 0 Å². The summed E-state index contributed by atoms with van der Waals surface area (Å²) >= 11 is 0. The van der Waals surface area contributed by atoms with E-state index in [0.29, 0.717) is 0 Å². The van der Waals surface area contributed by atoms with Crippen LogP contribution < -0.4 is 0 Å². The maximum absolute atomic E-state index is 5.15. The molecule has 0 amide bonds. The quantitative estimate of drug-likeness (QED) is 0.154. The smallest absolute Gasteiger partial charge is 0.144 e. The van der Waals surface area contributed by atoms with Gasteiger partial charge in [-0.25, -0.2) is 4.98 Å². The Morgan fingerprint density at radius 3 is 1.37 bits per heavy atom. The minimum atomic E-state index is 0.0127. The van der Waals surface area contributed by atoms with Crippen molar-refractivity contribution in [1.29, 1.82) is 0 Å². The highest BCUT2D eigenvalue weighted by atomic mass is 15.1. The third kappa shape index (κ3) is 6.27. The average Bonchev–Trinajstić information content (AvgIpc) is 3.60. The molecule has 0 radical (unpaired) electrons. The Balaban J connectivity index is 1.34. The summed E-state index contributed by atoms with van der Waals surface area (Å²) in [6.07, 6.45) is 4.21. The molecule has 2 heteroatoms. The van der Waals surface area contributed by atoms with Gasteiger partial charge in [-0.2, -0.15) is 0 Å². The number of imidazole rings is 1. The zero-order chi connectivity index (χ0) is 34.0. The highest BCUT2D eigenvalue weighted by molar-refractivity contribution is 5.83. The summed E-state index contributed by atoms with van der Waals surface area (Å²) in [5.74, 6) is 0.988. The molecular formula is C47H44N2. The highest BCUT2D eigenvalue weighted by Gasteiger charge is 2.30. The predicted octanol–water partition coefficient (Wildman–Crippen LogP) is 12.9. The third-order valence-corrected chi connectivity index (χ3v) is 10.4. The van der Waals surface area contributed by atoms with Gasteiger partial charge in [0.05, 0.1) is 5.69 Å². The molecule has 0 spiro atoms. The second-order valence-electron chi connectivity index (χ2n) is 13.5. The van der Waals surface area contributed by atoms with E-state index in [1.807, 2.05) is 0 Å². The Labute approximate surface area is 291 Å². The van der Waals surface area contributed by atoms with Gasteiger partial charge in [0.1, 0.15) is 5.82 Å². The fourth-order valence-corrected chi connectivity index (χ4v) is 7.08. The summed E-state index contributed by atoms with van der Waals surface area (Å²) < 4.78 is 2.44. The molecule has 0 fully saturated rings. The number of para-hydroxylation sites is 1. The van der Waals surface area contributed by atoms with Crippen LogP contribution in [0.4, 0.5) is 0 Å². The zero-order valence-corrected chi connectivity index (χ0v) is 29.2. The van der Waals surface area contributed by atoms with Crippen molar-refractivity contribution in [3.05, 3.63) is 169 Å². The van der Waals surface area contributed by atoms with Crippen molar-refractivity contribution in [2.24, 2.45) is 0 Å². The van der Waals surface area contributed by atoms with Gasteiger partial charge < -0.3 is 0 Å². The van der Waals surface area contributed by atoms with E-state index in [1.165, 1.54) is 67.0 Å². The first-order chi connectivity index (χ1) is 23.9. The molecule has 0 aliphatic carbocycles. The van der Waals surface area contributed by atoms with Crippen LogP contribution in [0.15, 0.2) is 152 Å². The topological polar surface area (TPSA) is 17.8 Å². The first-order valence-corrected chi connectivity index (χ1v) is 17.5. The van der Waals surface area contributed by atoms with Crippen molar-refractivity contribution >= 4 is 0 Å². The lowest BCUT2D eigenvalue weighted by Gasteiger charge is -2.29. The Morgan fingerprint density at radius 2 is 0.857 bits per heavy atom. The SMILES string of the molecule is CCC(C)(CC)c1cnc(-c2cccc(-c3cccc(-c4cc(-c5ccccc5)cc(-c5ccccc5)c4)c3)c2)n1-c1c(C)cccc1C. The van der Waals surface area contributed by atoms with E-state index in [4.69, 9.17) is 4.98 Å². The van der Waals surface area contributed by atoms with Gasteiger partial charge >= 0.3 is 0 Å². The lowest BCUT2D eigenvalue weighted by Crippen LogP contribution is -2.24. The number of aryl methyl sites for hydroxylation is 2. The minimum absolute atomic E-state index is 0.0127. The summed E-state index contributed by atoms with van der Waals surface area (Å²) in [6.45, 7) is 11.4. The monoisotopic (exact) mass is 636 g/mol. The molecule has 2 nitrogen and oxygen atoms in total. The molecule has 0 saturated heterocycles. The number of benzene rings is 6. The van der Waals surface area contributed by atoms with E-state index in [2.05, 4.69) is 191 Å². The molecule has 242 valence electrons. The van der Waals surface area contributed by atoms with Crippen molar-refractivity contribution in [2.75, 3.05) is 0 Å². The molecule has 0 saturated carbocycles. The Bertz CT molecular complexity index is 2140. The van der Waals surface area contributed by atoms with Crippen molar-refractivity contribution in [3.8, 4) is 61.6 Å². The van der Waals surface area contributed by atoms with Crippen LogP contribution in [0.25, 0.3) is 61.6 Å². The summed E-state index contributed by atoms with van der Waals surface area (Å²) in [4.78, 5) is 5.15. The second kappa shape index (κ2) is 13.6. The van der Waals surface area contributed by atoms with Gasteiger partial charge in [-0.05, 0) is 113 Å². The summed E-state index contributed by atoms with van der Waals surface area (Å²) in [5, 5.41) is 0. The Hall–Kier alpha value is -5.47. The standard InChI is InChI=1S/C47H44N2/c1-6-47(5,7-2)44-32-48-46(49(44)45-33(3)17-14-18-34(45)4)40-26-16-24-38(28-40)37-23-15-25-39(27-37)43-30-41(35-19-10-8-11-20-35)29-42(31-43)36-21-12-9-13-22-36/h8-32H,6-7H2,1-5H3. The molecule has 1 aromatic heterocycles. The van der Waals surface area contributed by atoms with Gasteiger partial charge in [-0.3, -0.25) is 4.57 Å². The first-order valence-electron chi connectivity index (χ1n) is 17.5. The molecule has 0 aliphatic heterocycles. The molecular weight excluding hydrogens is 593 g/mol. The van der Waals surface area contributed by atoms with Gasteiger partial charge in [0, 0.05) is 22.9 Å². The van der Waals surface area contributed by atoms with E-state index in [9.17, 15) is 0 Å². The molecule has 1 heterocycles. The van der Waals surface area contributed by atoms with Gasteiger partial charge in [0.2, 0.25) is 0 Å². The molecule has 0 aliphatic rings. The fraction of sp³-hybridized carbons (Fsp3) is 0.170. The highest BCUT2D eigenvalue weighted by Crippen LogP contribution is 2.39. The van der Waals surface area contributed by atoms with Crippen molar-refractivity contribution in [3.63, 3.8) is 0 Å². The third-order valence-electron chi connectivity index (χ3n) is 10.4. The summed E-state index contributed by atoms with van der Waals surface area (Å²) in [7, 11) is 0. The maximum Gasteiger partial charge on any atom is 0.144 e. The van der Waals surface area contributed by atoms with Crippen LogP contribution in [0.5, 0.6) is 0 Å². The van der Waals surface area contributed by atoms with Gasteiger partial charge in [0.25, 0.3) is 0 Å². The largest absolute Gasteiger partial charge is 0.296 e. The Kier molecular flexibility index (Phi) is 8.89. The van der Waals surface area contributed by atoms with Gasteiger partial charge in [0.15, 0.2) is 0 Å². The number of hydrogen-bond acceptors (Lipinski definition) is 1. The van der Waals surface area contributed by atoms with E-state index in [0.717, 1.165) is 24.2 Å². The number of nitrogens with zero attached hydrogens (tertiary/aromatic N) is 2. The Morgan fingerprint density at radius 1 is 0.469 bits per heavy atom. The first kappa shape index (κ1) is 32.1. The van der Waals surface area contributed by atoms with Gasteiger partial charge in [-0.1, -0.05) is 136 Å². The zero-order valence-electron chi connectivity index (χ0n) is 29.2. The van der Waals surface area contributed by atoms with Crippen LogP contribution in [0.2, 0.25) is 0 Å². The van der Waals surface area contributed by atoms with E-state index in [1.54, 1.807) is 0 Å². The minimum Gasteiger partial charge on any atom is -0.296 e. The summed E-state index contributed by atoms with van der Waals surface area (Å²) in [5.41, 5.74) is 15.7. The predicted molar refractivity (Wildman–Crippen MR) is 208 cm³/mol. The van der Waals surface area contributed by atoms with Crippen LogP contribution >= 0.6 is 0 Å². The number of hydrogen-bond donors (Lipinski definition) is 0. The van der Waals surface area contributed by atoms with E-state index in [-0.39, 0.29) is 5.41 Å². The lowest BCUT2D eigenvalue weighted by molar-refractivity contribution is 0.420. The molecule has 7 aromatic rings. The van der Waals surface area contributed by atoms with Crippen LogP contribution in [-0.2, 0) is 5.41 Å². The molecule has 0 unspecified atom stereocenters. The van der Waals surface area contributed by atoms with Crippen molar-refractivity contribution in [2.45, 2.75) is 52.9 Å². The molecule has 0 bridgehead atoms. The van der Waals surface area contributed by atoms with Crippen LogP contribution in [0, 0.1) is 13.8 Å². The second-order valence-corrected chi connectivity index (χ2v) is 13.5. The number of aromatic nitrogens is 2. The summed E-state index contributed by atoms with van der Waals surface area (Å²) in [6, 6.07) is 52.7. The van der Waals surface area contributed by atoms with Crippen molar-refractivity contribution in [1.82, 2.24) is 9.55 Å².